The minimum atomic E-state index is 0.155. The van der Waals surface area contributed by atoms with Gasteiger partial charge < -0.3 is 0 Å². The Morgan fingerprint density at radius 3 is 2.90 bits per heavy atom. The van der Waals surface area contributed by atoms with Crippen LogP contribution < -0.4 is 0 Å². The van der Waals surface area contributed by atoms with Gasteiger partial charge >= 0.3 is 0 Å². The number of Topliss-reactive ketones (excluding diaryl/α,β-unsaturated/α-hetero) is 1. The number of nitrogens with zero attached hydrogens (tertiary/aromatic N) is 4. The van der Waals surface area contributed by atoms with Gasteiger partial charge in [0, 0.05) is 31.4 Å². The van der Waals surface area contributed by atoms with Crippen molar-refractivity contribution in [1.82, 2.24) is 19.7 Å². The average Bonchev–Trinajstić information content (AvgIpc) is 3.21. The number of carbonyl (C=O) groups excluding carboxylic acids is 1. The van der Waals surface area contributed by atoms with E-state index in [1.54, 1.807) is 22.2 Å². The molecule has 4 aromatic rings. The SMILES string of the molecule is Cc1nc2c(C3CC3)c(CC(=O)Cc3ccc(-n4cccn4)c(Cl)c3)cnc2s1. The highest BCUT2D eigenvalue weighted by molar-refractivity contribution is 7.18. The zero-order valence-corrected chi connectivity index (χ0v) is 17.5. The van der Waals surface area contributed by atoms with Crippen molar-refractivity contribution in [1.29, 1.82) is 0 Å². The first-order chi connectivity index (χ1) is 14.1. The summed E-state index contributed by atoms with van der Waals surface area (Å²) in [6, 6.07) is 7.54. The molecular weight excluding hydrogens is 404 g/mol. The van der Waals surface area contributed by atoms with Crippen molar-refractivity contribution in [2.75, 3.05) is 0 Å². The standard InChI is InChI=1S/C22H19ClN4OS/c1-13-26-21-20(15-4-5-15)16(12-24-22(21)29-13)11-17(28)9-14-3-6-19(18(23)10-14)27-8-2-7-25-27/h2-3,6-8,10,12,15H,4-5,9,11H2,1H3. The van der Waals surface area contributed by atoms with Gasteiger partial charge in [0.1, 0.15) is 16.1 Å². The van der Waals surface area contributed by atoms with E-state index < -0.39 is 0 Å². The largest absolute Gasteiger partial charge is 0.299 e. The molecule has 3 heterocycles. The third kappa shape index (κ3) is 3.70. The predicted molar refractivity (Wildman–Crippen MR) is 115 cm³/mol. The van der Waals surface area contributed by atoms with E-state index in [1.807, 2.05) is 43.6 Å². The number of halogens is 1. The minimum Gasteiger partial charge on any atom is -0.299 e. The van der Waals surface area contributed by atoms with Crippen LogP contribution in [-0.2, 0) is 17.6 Å². The number of hydrogen-bond donors (Lipinski definition) is 0. The molecule has 0 radical (unpaired) electrons. The van der Waals surface area contributed by atoms with E-state index >= 15 is 0 Å². The summed E-state index contributed by atoms with van der Waals surface area (Å²) in [5, 5.41) is 5.81. The van der Waals surface area contributed by atoms with Gasteiger partial charge in [0.15, 0.2) is 0 Å². The molecule has 5 nitrogen and oxygen atoms in total. The van der Waals surface area contributed by atoms with E-state index in [9.17, 15) is 4.79 Å². The van der Waals surface area contributed by atoms with Crippen molar-refractivity contribution in [3.63, 3.8) is 0 Å². The molecule has 1 aliphatic rings. The lowest BCUT2D eigenvalue weighted by molar-refractivity contribution is -0.117. The van der Waals surface area contributed by atoms with Gasteiger partial charge in [-0.05, 0) is 60.6 Å². The van der Waals surface area contributed by atoms with Crippen LogP contribution in [0.1, 0.15) is 40.5 Å². The number of carbonyl (C=O) groups is 1. The summed E-state index contributed by atoms with van der Waals surface area (Å²) in [5.74, 6) is 0.676. The first-order valence-corrected chi connectivity index (χ1v) is 10.8. The topological polar surface area (TPSA) is 60.7 Å². The predicted octanol–water partition coefficient (Wildman–Crippen LogP) is 5.07. The van der Waals surface area contributed by atoms with Crippen molar-refractivity contribution >= 4 is 39.1 Å². The fourth-order valence-corrected chi connectivity index (χ4v) is 4.83. The normalized spacial score (nSPS) is 13.9. The smallest absolute Gasteiger partial charge is 0.143 e. The molecule has 0 atom stereocenters. The van der Waals surface area contributed by atoms with Crippen LogP contribution in [0.4, 0.5) is 0 Å². The summed E-state index contributed by atoms with van der Waals surface area (Å²) in [6.45, 7) is 2.00. The van der Waals surface area contributed by atoms with E-state index in [0.29, 0.717) is 23.8 Å². The highest BCUT2D eigenvalue weighted by Gasteiger charge is 2.30. The molecule has 7 heteroatoms. The molecule has 0 amide bonds. The Balaban J connectivity index is 1.37. The molecule has 0 bridgehead atoms. The molecule has 1 aliphatic carbocycles. The van der Waals surface area contributed by atoms with E-state index in [-0.39, 0.29) is 5.78 Å². The van der Waals surface area contributed by atoms with Gasteiger partial charge in [-0.2, -0.15) is 5.10 Å². The van der Waals surface area contributed by atoms with Crippen molar-refractivity contribution in [3.05, 3.63) is 69.6 Å². The van der Waals surface area contributed by atoms with Crippen LogP contribution >= 0.6 is 22.9 Å². The lowest BCUT2D eigenvalue weighted by Gasteiger charge is -2.10. The molecule has 0 spiro atoms. The van der Waals surface area contributed by atoms with Gasteiger partial charge in [0.25, 0.3) is 0 Å². The molecule has 146 valence electrons. The number of ketones is 1. The maximum Gasteiger partial charge on any atom is 0.143 e. The van der Waals surface area contributed by atoms with Crippen LogP contribution in [0, 0.1) is 6.92 Å². The zero-order valence-electron chi connectivity index (χ0n) is 15.9. The molecule has 0 N–H and O–H groups in total. The molecule has 29 heavy (non-hydrogen) atoms. The summed E-state index contributed by atoms with van der Waals surface area (Å²) >= 11 is 8.03. The van der Waals surface area contributed by atoms with Crippen molar-refractivity contribution in [3.8, 4) is 5.69 Å². The Bertz CT molecular complexity index is 1210. The van der Waals surface area contributed by atoms with Crippen molar-refractivity contribution in [2.24, 2.45) is 0 Å². The second-order valence-corrected chi connectivity index (χ2v) is 9.08. The summed E-state index contributed by atoms with van der Waals surface area (Å²) in [5.41, 5.74) is 4.96. The number of aryl methyl sites for hydroxylation is 1. The lowest BCUT2D eigenvalue weighted by Crippen LogP contribution is -2.09. The second kappa shape index (κ2) is 7.35. The van der Waals surface area contributed by atoms with Gasteiger partial charge in [-0.15, -0.1) is 0 Å². The van der Waals surface area contributed by atoms with E-state index in [2.05, 4.69) is 10.1 Å². The Labute approximate surface area is 177 Å². The Morgan fingerprint density at radius 2 is 2.17 bits per heavy atom. The molecule has 1 fully saturated rings. The lowest BCUT2D eigenvalue weighted by atomic mass is 9.97. The van der Waals surface area contributed by atoms with Gasteiger partial charge in [-0.25, -0.2) is 14.6 Å². The number of aromatic nitrogens is 4. The van der Waals surface area contributed by atoms with Crippen LogP contribution in [0.2, 0.25) is 5.02 Å². The van der Waals surface area contributed by atoms with Gasteiger partial charge in [0.2, 0.25) is 0 Å². The molecule has 5 rings (SSSR count). The van der Waals surface area contributed by atoms with Crippen LogP contribution in [0.25, 0.3) is 16.0 Å². The Morgan fingerprint density at radius 1 is 1.31 bits per heavy atom. The molecule has 0 aliphatic heterocycles. The highest BCUT2D eigenvalue weighted by atomic mass is 35.5. The molecule has 3 aromatic heterocycles. The Kier molecular flexibility index (Phi) is 4.68. The second-order valence-electron chi connectivity index (χ2n) is 7.49. The number of benzene rings is 1. The molecule has 0 unspecified atom stereocenters. The molecule has 1 saturated carbocycles. The maximum absolute atomic E-state index is 12.8. The number of thiazole rings is 1. The van der Waals surface area contributed by atoms with Crippen LogP contribution in [0.3, 0.4) is 0 Å². The Hall–Kier alpha value is -2.57. The maximum atomic E-state index is 12.8. The first kappa shape index (κ1) is 18.5. The van der Waals surface area contributed by atoms with E-state index in [0.717, 1.165) is 32.2 Å². The number of pyridine rings is 1. The monoisotopic (exact) mass is 422 g/mol. The van der Waals surface area contributed by atoms with E-state index in [4.69, 9.17) is 16.6 Å². The quantitative estimate of drug-likeness (QED) is 0.435. The fraction of sp³-hybridized carbons (Fsp3) is 0.273. The fourth-order valence-electron chi connectivity index (χ4n) is 3.77. The zero-order chi connectivity index (χ0) is 20.0. The summed E-state index contributed by atoms with van der Waals surface area (Å²) < 4.78 is 1.71. The highest BCUT2D eigenvalue weighted by Crippen LogP contribution is 2.45. The average molecular weight is 423 g/mol. The van der Waals surface area contributed by atoms with E-state index in [1.165, 1.54) is 18.4 Å². The van der Waals surface area contributed by atoms with Gasteiger partial charge in [-0.3, -0.25) is 4.79 Å². The third-order valence-electron chi connectivity index (χ3n) is 5.19. The van der Waals surface area contributed by atoms with Crippen LogP contribution in [-0.4, -0.2) is 25.5 Å². The summed E-state index contributed by atoms with van der Waals surface area (Å²) in [4.78, 5) is 23.1. The first-order valence-electron chi connectivity index (χ1n) is 9.63. The molecular formula is C22H19ClN4OS. The summed E-state index contributed by atoms with van der Waals surface area (Å²) in [6.07, 6.45) is 8.48. The van der Waals surface area contributed by atoms with Gasteiger partial charge in [0.05, 0.1) is 15.7 Å². The van der Waals surface area contributed by atoms with Crippen LogP contribution in [0.15, 0.2) is 42.9 Å². The van der Waals surface area contributed by atoms with Crippen LogP contribution in [0.5, 0.6) is 0 Å². The number of fused-ring (bicyclic) bond motifs is 1. The van der Waals surface area contributed by atoms with Crippen molar-refractivity contribution in [2.45, 2.75) is 38.5 Å². The molecule has 0 saturated heterocycles. The third-order valence-corrected chi connectivity index (χ3v) is 6.37. The minimum absolute atomic E-state index is 0.155. The molecule has 1 aromatic carbocycles. The number of hydrogen-bond acceptors (Lipinski definition) is 5. The number of rotatable bonds is 6. The van der Waals surface area contributed by atoms with Gasteiger partial charge in [-0.1, -0.05) is 29.0 Å². The summed E-state index contributed by atoms with van der Waals surface area (Å²) in [7, 11) is 0. The van der Waals surface area contributed by atoms with Crippen molar-refractivity contribution < 1.29 is 4.79 Å².